The molecule has 27 heavy (non-hydrogen) atoms. The average Bonchev–Trinajstić information content (AvgIpc) is 3.16. The van der Waals surface area contributed by atoms with Crippen LogP contribution in [0.25, 0.3) is 0 Å². The van der Waals surface area contributed by atoms with Crippen molar-refractivity contribution in [1.29, 1.82) is 0 Å². The van der Waals surface area contributed by atoms with Crippen molar-refractivity contribution in [3.8, 4) is 0 Å². The highest BCUT2D eigenvalue weighted by molar-refractivity contribution is 7.99. The smallest absolute Gasteiger partial charge is 0.376 e. The van der Waals surface area contributed by atoms with Crippen molar-refractivity contribution >= 4 is 35.3 Å². The molecule has 0 aromatic heterocycles. The summed E-state index contributed by atoms with van der Waals surface area (Å²) in [5.41, 5.74) is 1.01. The molecule has 0 bridgehead atoms. The van der Waals surface area contributed by atoms with E-state index in [1.165, 1.54) is 16.7 Å². The lowest BCUT2D eigenvalue weighted by Crippen LogP contribution is -2.45. The molecule has 1 aromatic rings. The molecule has 1 aromatic carbocycles. The Bertz CT molecular complexity index is 695. The fourth-order valence-corrected chi connectivity index (χ4v) is 3.92. The van der Waals surface area contributed by atoms with E-state index >= 15 is 0 Å². The highest BCUT2D eigenvalue weighted by Crippen LogP contribution is 2.23. The quantitative estimate of drug-likeness (QED) is 0.492. The van der Waals surface area contributed by atoms with Crippen LogP contribution in [0.5, 0.6) is 0 Å². The number of ether oxygens (including phenoxy) is 1. The molecular formula is C19H24N2O5S. The second-order valence-electron chi connectivity index (χ2n) is 6.20. The third-order valence-electron chi connectivity index (χ3n) is 4.22. The molecule has 1 fully saturated rings. The van der Waals surface area contributed by atoms with Gasteiger partial charge in [0.05, 0.1) is 12.5 Å². The van der Waals surface area contributed by atoms with Crippen LogP contribution in [0, 0.1) is 0 Å². The van der Waals surface area contributed by atoms with Gasteiger partial charge >= 0.3 is 5.97 Å². The molecule has 0 unspecified atom stereocenters. The van der Waals surface area contributed by atoms with Crippen molar-refractivity contribution in [3.05, 3.63) is 35.9 Å². The minimum atomic E-state index is -0.915. The first-order valence-electron chi connectivity index (χ1n) is 8.80. The Morgan fingerprint density at radius 3 is 2.56 bits per heavy atom. The Morgan fingerprint density at radius 2 is 1.89 bits per heavy atom. The van der Waals surface area contributed by atoms with Crippen LogP contribution in [0.15, 0.2) is 30.3 Å². The molecule has 2 rings (SSSR count). The molecule has 0 N–H and O–H groups in total. The molecule has 1 atom stereocenters. The summed E-state index contributed by atoms with van der Waals surface area (Å²) in [7, 11) is 1.69. The summed E-state index contributed by atoms with van der Waals surface area (Å²) >= 11 is 1.41. The van der Waals surface area contributed by atoms with E-state index in [4.69, 9.17) is 4.74 Å². The average molecular weight is 392 g/mol. The predicted octanol–water partition coefficient (Wildman–Crippen LogP) is 1.46. The standard InChI is InChI=1S/C19H24N2O5S/c1-3-26-19(25)18(24)15-12-27-13-21(15)17(23)10-9-16(22)20(2)11-14-7-5-4-6-8-14/h4-8,15H,3,9-13H2,1-2H3/t15-/m0/s1. The van der Waals surface area contributed by atoms with Gasteiger partial charge in [0.1, 0.15) is 6.04 Å². The SMILES string of the molecule is CCOC(=O)C(=O)[C@@H]1CSCN1C(=O)CCC(=O)N(C)Cc1ccccc1. The summed E-state index contributed by atoms with van der Waals surface area (Å²) < 4.78 is 4.73. The van der Waals surface area contributed by atoms with Crippen LogP contribution in [0.3, 0.4) is 0 Å². The maximum absolute atomic E-state index is 12.5. The van der Waals surface area contributed by atoms with Gasteiger partial charge in [-0.15, -0.1) is 11.8 Å². The van der Waals surface area contributed by atoms with Crippen molar-refractivity contribution in [2.24, 2.45) is 0 Å². The summed E-state index contributed by atoms with van der Waals surface area (Å²) in [6.45, 7) is 2.20. The molecule has 2 amide bonds. The largest absolute Gasteiger partial charge is 0.460 e. The van der Waals surface area contributed by atoms with Gasteiger partial charge in [-0.05, 0) is 12.5 Å². The topological polar surface area (TPSA) is 84.0 Å². The molecule has 7 nitrogen and oxygen atoms in total. The number of carbonyl (C=O) groups is 4. The fourth-order valence-electron chi connectivity index (χ4n) is 2.74. The first-order valence-corrected chi connectivity index (χ1v) is 9.95. The lowest BCUT2D eigenvalue weighted by atomic mass is 10.1. The van der Waals surface area contributed by atoms with E-state index in [1.54, 1.807) is 18.9 Å². The van der Waals surface area contributed by atoms with Gasteiger partial charge in [-0.25, -0.2) is 4.79 Å². The number of nitrogens with zero attached hydrogens (tertiary/aromatic N) is 2. The van der Waals surface area contributed by atoms with Crippen molar-refractivity contribution in [2.45, 2.75) is 32.4 Å². The number of Topliss-reactive ketones (excluding diaryl/α,β-unsaturated/α-hetero) is 1. The van der Waals surface area contributed by atoms with Crippen LogP contribution in [0.1, 0.15) is 25.3 Å². The molecule has 0 radical (unpaired) electrons. The predicted molar refractivity (Wildman–Crippen MR) is 102 cm³/mol. The van der Waals surface area contributed by atoms with Crippen LogP contribution in [-0.2, 0) is 30.5 Å². The Morgan fingerprint density at radius 1 is 1.19 bits per heavy atom. The van der Waals surface area contributed by atoms with Gasteiger partial charge in [0.15, 0.2) is 0 Å². The Kier molecular flexibility index (Phi) is 7.84. The number of rotatable bonds is 8. The van der Waals surface area contributed by atoms with E-state index in [9.17, 15) is 19.2 Å². The maximum Gasteiger partial charge on any atom is 0.376 e. The van der Waals surface area contributed by atoms with Crippen molar-refractivity contribution < 1.29 is 23.9 Å². The summed E-state index contributed by atoms with van der Waals surface area (Å²) in [5.74, 6) is -1.37. The first kappa shape index (κ1) is 21.0. The van der Waals surface area contributed by atoms with Crippen LogP contribution >= 0.6 is 11.8 Å². The van der Waals surface area contributed by atoms with Gasteiger partial charge in [-0.1, -0.05) is 30.3 Å². The Balaban J connectivity index is 1.85. The minimum Gasteiger partial charge on any atom is -0.460 e. The lowest BCUT2D eigenvalue weighted by molar-refractivity contribution is -0.156. The molecule has 0 saturated carbocycles. The van der Waals surface area contributed by atoms with E-state index in [0.717, 1.165) is 5.56 Å². The summed E-state index contributed by atoms with van der Waals surface area (Å²) in [5, 5.41) is 0. The zero-order valence-electron chi connectivity index (χ0n) is 15.6. The van der Waals surface area contributed by atoms with Gasteiger partial charge in [-0.3, -0.25) is 14.4 Å². The number of ketones is 1. The van der Waals surface area contributed by atoms with Gasteiger partial charge < -0.3 is 14.5 Å². The Labute approximate surface area is 163 Å². The Hall–Kier alpha value is -2.35. The number of hydrogen-bond acceptors (Lipinski definition) is 6. The number of thioether (sulfide) groups is 1. The van der Waals surface area contributed by atoms with Gasteiger partial charge in [0.25, 0.3) is 5.78 Å². The number of carbonyl (C=O) groups excluding carboxylic acids is 4. The molecule has 1 aliphatic heterocycles. The molecule has 1 aliphatic rings. The van der Waals surface area contributed by atoms with Gasteiger partial charge in [0, 0.05) is 32.2 Å². The van der Waals surface area contributed by atoms with Crippen LogP contribution in [-0.4, -0.2) is 64.7 Å². The summed E-state index contributed by atoms with van der Waals surface area (Å²) in [6, 6.07) is 8.78. The molecule has 0 spiro atoms. The van der Waals surface area contributed by atoms with Crippen molar-refractivity contribution in [1.82, 2.24) is 9.80 Å². The monoisotopic (exact) mass is 392 g/mol. The molecule has 1 heterocycles. The molecule has 0 aliphatic carbocycles. The molecule has 8 heteroatoms. The molecular weight excluding hydrogens is 368 g/mol. The maximum atomic E-state index is 12.5. The summed E-state index contributed by atoms with van der Waals surface area (Å²) in [6.07, 6.45) is 0.0643. The van der Waals surface area contributed by atoms with Crippen molar-refractivity contribution in [3.63, 3.8) is 0 Å². The van der Waals surface area contributed by atoms with Gasteiger partial charge in [-0.2, -0.15) is 0 Å². The highest BCUT2D eigenvalue weighted by atomic mass is 32.2. The first-order chi connectivity index (χ1) is 12.9. The third-order valence-corrected chi connectivity index (χ3v) is 5.24. The van der Waals surface area contributed by atoms with Crippen LogP contribution < -0.4 is 0 Å². The highest BCUT2D eigenvalue weighted by Gasteiger charge is 2.38. The van der Waals surface area contributed by atoms with Crippen LogP contribution in [0.2, 0.25) is 0 Å². The lowest BCUT2D eigenvalue weighted by Gasteiger charge is -2.22. The fraction of sp³-hybridized carbons (Fsp3) is 0.474. The zero-order valence-corrected chi connectivity index (χ0v) is 16.4. The van der Waals surface area contributed by atoms with E-state index in [1.807, 2.05) is 30.3 Å². The second-order valence-corrected chi connectivity index (χ2v) is 7.20. The number of esters is 1. The van der Waals surface area contributed by atoms with Crippen molar-refractivity contribution in [2.75, 3.05) is 25.3 Å². The number of benzene rings is 1. The zero-order chi connectivity index (χ0) is 19.8. The molecule has 146 valence electrons. The van der Waals surface area contributed by atoms with E-state index in [0.29, 0.717) is 18.2 Å². The van der Waals surface area contributed by atoms with Gasteiger partial charge in [0.2, 0.25) is 11.8 Å². The number of amides is 2. The van der Waals surface area contributed by atoms with E-state index in [2.05, 4.69) is 0 Å². The molecule has 1 saturated heterocycles. The second kappa shape index (κ2) is 10.1. The third kappa shape index (κ3) is 5.82. The van der Waals surface area contributed by atoms with E-state index in [-0.39, 0.29) is 31.3 Å². The minimum absolute atomic E-state index is 0.00509. The summed E-state index contributed by atoms with van der Waals surface area (Å²) in [4.78, 5) is 51.5. The number of hydrogen-bond donors (Lipinski definition) is 0. The normalized spacial score (nSPS) is 16.1. The van der Waals surface area contributed by atoms with E-state index < -0.39 is 17.8 Å². The van der Waals surface area contributed by atoms with Crippen LogP contribution in [0.4, 0.5) is 0 Å².